The number of unbranched alkanes of at least 4 members (excludes halogenated alkanes) is 1. The van der Waals surface area contributed by atoms with Crippen molar-refractivity contribution in [3.63, 3.8) is 0 Å². The summed E-state index contributed by atoms with van der Waals surface area (Å²) in [7, 11) is 4.11. The van der Waals surface area contributed by atoms with Gasteiger partial charge in [0.15, 0.2) is 5.96 Å². The third-order valence-corrected chi connectivity index (χ3v) is 4.93. The summed E-state index contributed by atoms with van der Waals surface area (Å²) < 4.78 is 1.92. The predicted molar refractivity (Wildman–Crippen MR) is 110 cm³/mol. The first-order valence-corrected chi connectivity index (χ1v) is 10.3. The van der Waals surface area contributed by atoms with E-state index in [1.54, 1.807) is 0 Å². The lowest BCUT2D eigenvalue weighted by atomic mass is 10.1. The van der Waals surface area contributed by atoms with Crippen molar-refractivity contribution in [2.45, 2.75) is 58.9 Å². The van der Waals surface area contributed by atoms with Crippen LogP contribution in [0.3, 0.4) is 0 Å². The molecule has 6 heteroatoms. The molecule has 2 heterocycles. The van der Waals surface area contributed by atoms with E-state index in [-0.39, 0.29) is 0 Å². The SMILES string of the molecule is CCNC(=NCCCCN1CCCC1)N(C)Cc1cn(C)nc1C(C)C. The second-order valence-corrected chi connectivity index (χ2v) is 7.72. The summed E-state index contributed by atoms with van der Waals surface area (Å²) in [5, 5.41) is 8.05. The zero-order valence-corrected chi connectivity index (χ0v) is 17.5. The fourth-order valence-corrected chi connectivity index (χ4v) is 3.60. The van der Waals surface area contributed by atoms with E-state index < -0.39 is 0 Å². The summed E-state index contributed by atoms with van der Waals surface area (Å²) in [4.78, 5) is 9.64. The Balaban J connectivity index is 1.86. The van der Waals surface area contributed by atoms with Crippen molar-refractivity contribution >= 4 is 5.96 Å². The maximum Gasteiger partial charge on any atom is 0.193 e. The average Bonchev–Trinajstić information content (AvgIpc) is 3.23. The van der Waals surface area contributed by atoms with Crippen molar-refractivity contribution in [3.05, 3.63) is 17.5 Å². The first kappa shape index (κ1) is 20.7. The number of rotatable bonds is 9. The van der Waals surface area contributed by atoms with Crippen LogP contribution in [0.4, 0.5) is 0 Å². The second kappa shape index (κ2) is 10.6. The van der Waals surface area contributed by atoms with Crippen LogP contribution < -0.4 is 5.32 Å². The minimum Gasteiger partial charge on any atom is -0.357 e. The minimum atomic E-state index is 0.435. The number of guanidine groups is 1. The first-order valence-electron chi connectivity index (χ1n) is 10.3. The summed E-state index contributed by atoms with van der Waals surface area (Å²) in [6, 6.07) is 0. The highest BCUT2D eigenvalue weighted by atomic mass is 15.3. The molecule has 0 aromatic carbocycles. The number of nitrogens with zero attached hydrogens (tertiary/aromatic N) is 5. The number of aryl methyl sites for hydroxylation is 1. The van der Waals surface area contributed by atoms with Crippen LogP contribution in [0.1, 0.15) is 63.6 Å². The van der Waals surface area contributed by atoms with Crippen LogP contribution in [0, 0.1) is 0 Å². The second-order valence-electron chi connectivity index (χ2n) is 7.72. The molecule has 0 saturated carbocycles. The molecule has 0 radical (unpaired) electrons. The van der Waals surface area contributed by atoms with Gasteiger partial charge in [0.25, 0.3) is 0 Å². The Morgan fingerprint density at radius 3 is 2.69 bits per heavy atom. The molecule has 1 fully saturated rings. The highest BCUT2D eigenvalue weighted by Gasteiger charge is 2.15. The van der Waals surface area contributed by atoms with Gasteiger partial charge in [0.1, 0.15) is 0 Å². The van der Waals surface area contributed by atoms with Crippen molar-refractivity contribution in [1.82, 2.24) is 24.9 Å². The molecule has 1 saturated heterocycles. The van der Waals surface area contributed by atoms with E-state index >= 15 is 0 Å². The molecule has 148 valence electrons. The van der Waals surface area contributed by atoms with Gasteiger partial charge in [-0.15, -0.1) is 0 Å². The van der Waals surface area contributed by atoms with Gasteiger partial charge in [0.2, 0.25) is 0 Å². The van der Waals surface area contributed by atoms with Crippen molar-refractivity contribution in [2.24, 2.45) is 12.0 Å². The minimum absolute atomic E-state index is 0.435. The predicted octanol–water partition coefficient (Wildman–Crippen LogP) is 2.82. The maximum atomic E-state index is 4.84. The molecule has 1 N–H and O–H groups in total. The normalized spacial score (nSPS) is 15.8. The number of hydrogen-bond acceptors (Lipinski definition) is 3. The van der Waals surface area contributed by atoms with Gasteiger partial charge in [-0.3, -0.25) is 9.67 Å². The number of nitrogens with one attached hydrogen (secondary N) is 1. The quantitative estimate of drug-likeness (QED) is 0.417. The Kier molecular flexibility index (Phi) is 8.42. The van der Waals surface area contributed by atoms with Gasteiger partial charge in [-0.2, -0.15) is 5.10 Å². The molecule has 2 rings (SSSR count). The molecular weight excluding hydrogens is 324 g/mol. The van der Waals surface area contributed by atoms with Crippen LogP contribution in [0.2, 0.25) is 0 Å². The third kappa shape index (κ3) is 6.31. The fraction of sp³-hybridized carbons (Fsp3) is 0.800. The van der Waals surface area contributed by atoms with Crippen LogP contribution in [0.25, 0.3) is 0 Å². The molecule has 26 heavy (non-hydrogen) atoms. The molecule has 1 aromatic heterocycles. The maximum absolute atomic E-state index is 4.84. The van der Waals surface area contributed by atoms with E-state index in [4.69, 9.17) is 4.99 Å². The summed E-state index contributed by atoms with van der Waals surface area (Å²) in [6.07, 6.45) is 7.28. The molecule has 0 spiro atoms. The largest absolute Gasteiger partial charge is 0.357 e. The Bertz CT molecular complexity index is 557. The van der Waals surface area contributed by atoms with Crippen molar-refractivity contribution in [3.8, 4) is 0 Å². The summed E-state index contributed by atoms with van der Waals surface area (Å²) >= 11 is 0. The monoisotopic (exact) mass is 362 g/mol. The Labute approximate surface area is 159 Å². The van der Waals surface area contributed by atoms with Gasteiger partial charge in [0, 0.05) is 45.5 Å². The fourth-order valence-electron chi connectivity index (χ4n) is 3.60. The summed E-state index contributed by atoms with van der Waals surface area (Å²) in [6.45, 7) is 13.0. The van der Waals surface area contributed by atoms with E-state index in [9.17, 15) is 0 Å². The molecule has 1 aliphatic heterocycles. The lowest BCUT2D eigenvalue weighted by molar-refractivity contribution is 0.331. The molecular formula is C20H38N6. The highest BCUT2D eigenvalue weighted by molar-refractivity contribution is 5.79. The molecule has 0 aliphatic carbocycles. The first-order chi connectivity index (χ1) is 12.5. The van der Waals surface area contributed by atoms with E-state index in [2.05, 4.69) is 54.2 Å². The van der Waals surface area contributed by atoms with E-state index in [0.717, 1.165) is 32.0 Å². The molecule has 0 amide bonds. The van der Waals surface area contributed by atoms with Crippen LogP contribution in [-0.2, 0) is 13.6 Å². The zero-order valence-electron chi connectivity index (χ0n) is 17.5. The third-order valence-electron chi connectivity index (χ3n) is 4.93. The number of likely N-dealkylation sites (tertiary alicyclic amines) is 1. The lowest BCUT2D eigenvalue weighted by Crippen LogP contribution is -2.38. The number of aliphatic imine (C=N–C) groups is 1. The van der Waals surface area contributed by atoms with Gasteiger partial charge in [-0.1, -0.05) is 13.8 Å². The zero-order chi connectivity index (χ0) is 18.9. The highest BCUT2D eigenvalue weighted by Crippen LogP contribution is 2.18. The summed E-state index contributed by atoms with van der Waals surface area (Å²) in [5.41, 5.74) is 2.46. The average molecular weight is 363 g/mol. The summed E-state index contributed by atoms with van der Waals surface area (Å²) in [5.74, 6) is 1.43. The smallest absolute Gasteiger partial charge is 0.193 e. The molecule has 1 aliphatic rings. The van der Waals surface area contributed by atoms with Crippen molar-refractivity contribution in [1.29, 1.82) is 0 Å². The molecule has 0 bridgehead atoms. The van der Waals surface area contributed by atoms with Gasteiger partial charge in [-0.25, -0.2) is 0 Å². The van der Waals surface area contributed by atoms with Crippen molar-refractivity contribution in [2.75, 3.05) is 39.8 Å². The van der Waals surface area contributed by atoms with Gasteiger partial charge >= 0.3 is 0 Å². The molecule has 0 unspecified atom stereocenters. The standard InChI is InChI=1S/C20H38N6/c1-6-21-20(22-11-7-8-12-26-13-9-10-14-26)24(4)15-18-16-25(5)23-19(18)17(2)3/h16-17H,6-15H2,1-5H3,(H,21,22). The lowest BCUT2D eigenvalue weighted by Gasteiger charge is -2.22. The van der Waals surface area contributed by atoms with Crippen LogP contribution >= 0.6 is 0 Å². The topological polar surface area (TPSA) is 48.7 Å². The van der Waals surface area contributed by atoms with Crippen molar-refractivity contribution < 1.29 is 0 Å². The molecule has 1 aromatic rings. The van der Waals surface area contributed by atoms with Crippen LogP contribution in [-0.4, -0.2) is 65.3 Å². The van der Waals surface area contributed by atoms with Crippen LogP contribution in [0.5, 0.6) is 0 Å². The molecule has 0 atom stereocenters. The Morgan fingerprint density at radius 1 is 1.31 bits per heavy atom. The van der Waals surface area contributed by atoms with Gasteiger partial charge in [0.05, 0.1) is 5.69 Å². The Hall–Kier alpha value is -1.56. The van der Waals surface area contributed by atoms with Crippen LogP contribution in [0.15, 0.2) is 11.2 Å². The Morgan fingerprint density at radius 2 is 2.04 bits per heavy atom. The molecule has 6 nitrogen and oxygen atoms in total. The van der Waals surface area contributed by atoms with E-state index in [1.165, 1.54) is 50.2 Å². The van der Waals surface area contributed by atoms with Gasteiger partial charge in [-0.05, 0) is 58.2 Å². The number of hydrogen-bond donors (Lipinski definition) is 1. The van der Waals surface area contributed by atoms with E-state index in [1.807, 2.05) is 11.7 Å². The number of aromatic nitrogens is 2. The van der Waals surface area contributed by atoms with Gasteiger partial charge < -0.3 is 15.1 Å². The van der Waals surface area contributed by atoms with E-state index in [0.29, 0.717) is 5.92 Å².